The molecule has 4 heterocycles. The third-order valence-corrected chi connectivity index (χ3v) is 7.59. The van der Waals surface area contributed by atoms with Crippen LogP contribution in [0.5, 0.6) is 0 Å². The Morgan fingerprint density at radius 3 is 2.79 bits per heavy atom. The molecule has 1 fully saturated rings. The number of hydrogen-bond acceptors (Lipinski definition) is 5. The van der Waals surface area contributed by atoms with Crippen molar-refractivity contribution in [1.29, 1.82) is 0 Å². The third kappa shape index (κ3) is 4.00. The van der Waals surface area contributed by atoms with Gasteiger partial charge in [-0.2, -0.15) is 4.98 Å². The van der Waals surface area contributed by atoms with E-state index in [1.54, 1.807) is 10.7 Å². The number of aromatic nitrogens is 5. The fraction of sp³-hybridized carbons (Fsp3) is 0.276. The molecular formula is C29H27N7O2. The van der Waals surface area contributed by atoms with E-state index in [0.717, 1.165) is 59.8 Å². The Morgan fingerprint density at radius 2 is 1.92 bits per heavy atom. The zero-order chi connectivity index (χ0) is 25.8. The van der Waals surface area contributed by atoms with Crippen molar-refractivity contribution in [2.75, 3.05) is 5.32 Å². The molecule has 4 aromatic heterocycles. The Balaban J connectivity index is 1.19. The average Bonchev–Trinajstić information content (AvgIpc) is 3.63. The van der Waals surface area contributed by atoms with Gasteiger partial charge < -0.3 is 9.88 Å². The van der Waals surface area contributed by atoms with Crippen LogP contribution >= 0.6 is 0 Å². The Bertz CT molecular complexity index is 1730. The summed E-state index contributed by atoms with van der Waals surface area (Å²) in [6.07, 6.45) is 10.3. The smallest absolute Gasteiger partial charge is 0.253 e. The summed E-state index contributed by atoms with van der Waals surface area (Å²) < 4.78 is 3.64. The molecule has 2 amide bonds. The molecule has 1 unspecified atom stereocenters. The zero-order valence-corrected chi connectivity index (χ0v) is 21.0. The fourth-order valence-corrected chi connectivity index (χ4v) is 5.41. The van der Waals surface area contributed by atoms with Gasteiger partial charge in [-0.25, -0.2) is 4.52 Å². The number of nitrogens with one attached hydrogen (secondary N) is 2. The number of aryl methyl sites for hydroxylation is 2. The maximum atomic E-state index is 13.5. The number of carbonyl (C=O) groups excluding carboxylic acids is 2. The van der Waals surface area contributed by atoms with E-state index in [2.05, 4.69) is 37.8 Å². The molecule has 1 aromatic carbocycles. The molecule has 7 rings (SSSR count). The van der Waals surface area contributed by atoms with Crippen LogP contribution in [0.15, 0.2) is 61.1 Å². The maximum absolute atomic E-state index is 13.5. The number of benzene rings is 1. The highest BCUT2D eigenvalue weighted by atomic mass is 16.2. The van der Waals surface area contributed by atoms with Crippen molar-refractivity contribution >= 4 is 34.3 Å². The summed E-state index contributed by atoms with van der Waals surface area (Å²) in [4.78, 5) is 34.7. The lowest BCUT2D eigenvalue weighted by atomic mass is 9.91. The van der Waals surface area contributed by atoms with Crippen LogP contribution < -0.4 is 10.6 Å². The maximum Gasteiger partial charge on any atom is 0.253 e. The number of anilines is 1. The highest BCUT2D eigenvalue weighted by molar-refractivity contribution is 6.08. The zero-order valence-electron chi connectivity index (χ0n) is 21.0. The van der Waals surface area contributed by atoms with E-state index in [1.165, 1.54) is 5.56 Å². The summed E-state index contributed by atoms with van der Waals surface area (Å²) in [6.45, 7) is 0. The van der Waals surface area contributed by atoms with E-state index in [-0.39, 0.29) is 23.8 Å². The van der Waals surface area contributed by atoms with Gasteiger partial charge in [-0.15, -0.1) is 5.10 Å². The second-order valence-corrected chi connectivity index (χ2v) is 10.3. The Labute approximate surface area is 218 Å². The summed E-state index contributed by atoms with van der Waals surface area (Å²) >= 11 is 0. The van der Waals surface area contributed by atoms with Gasteiger partial charge in [0.15, 0.2) is 5.65 Å². The number of fused-ring (bicyclic) bond motifs is 3. The lowest BCUT2D eigenvalue weighted by molar-refractivity contribution is -0.117. The molecule has 38 heavy (non-hydrogen) atoms. The van der Waals surface area contributed by atoms with Gasteiger partial charge in [0.05, 0.1) is 17.3 Å². The average molecular weight is 506 g/mol. The monoisotopic (exact) mass is 505 g/mol. The van der Waals surface area contributed by atoms with E-state index in [4.69, 9.17) is 0 Å². The van der Waals surface area contributed by atoms with Crippen LogP contribution in [-0.4, -0.2) is 36.0 Å². The van der Waals surface area contributed by atoms with Gasteiger partial charge in [0, 0.05) is 42.5 Å². The van der Waals surface area contributed by atoms with Crippen molar-refractivity contribution in [2.24, 2.45) is 13.0 Å². The van der Waals surface area contributed by atoms with Crippen LogP contribution in [0.2, 0.25) is 0 Å². The molecule has 1 saturated carbocycles. The largest absolute Gasteiger partial charge is 0.350 e. The van der Waals surface area contributed by atoms with Crippen molar-refractivity contribution < 1.29 is 9.59 Å². The quantitative estimate of drug-likeness (QED) is 0.367. The molecule has 0 saturated heterocycles. The van der Waals surface area contributed by atoms with Crippen molar-refractivity contribution in [3.8, 4) is 11.1 Å². The first-order chi connectivity index (χ1) is 18.5. The molecule has 2 N–H and O–H groups in total. The van der Waals surface area contributed by atoms with Crippen molar-refractivity contribution in [2.45, 2.75) is 38.1 Å². The molecule has 0 radical (unpaired) electrons. The van der Waals surface area contributed by atoms with Gasteiger partial charge in [0.2, 0.25) is 11.9 Å². The molecule has 0 spiro atoms. The predicted molar refractivity (Wildman–Crippen MR) is 144 cm³/mol. The SMILES string of the molecule is Cn1cc(C(=O)NC2CCCc3cccnc32)c2cc(-c3ccn4nc(NC(=O)C5CC5)nc4c3)ccc21. The Kier molecular flexibility index (Phi) is 5.24. The second-order valence-electron chi connectivity index (χ2n) is 10.3. The molecule has 1 atom stereocenters. The predicted octanol–water partition coefficient (Wildman–Crippen LogP) is 4.44. The van der Waals surface area contributed by atoms with Crippen LogP contribution in [0.25, 0.3) is 27.7 Å². The molecule has 0 bridgehead atoms. The summed E-state index contributed by atoms with van der Waals surface area (Å²) in [5.74, 6) is 0.287. The van der Waals surface area contributed by atoms with E-state index in [0.29, 0.717) is 17.2 Å². The third-order valence-electron chi connectivity index (χ3n) is 7.59. The minimum Gasteiger partial charge on any atom is -0.350 e. The van der Waals surface area contributed by atoms with Crippen LogP contribution in [0, 0.1) is 5.92 Å². The number of rotatable bonds is 5. The minimum atomic E-state index is -0.0970. The molecule has 9 nitrogen and oxygen atoms in total. The number of nitrogens with zero attached hydrogens (tertiary/aromatic N) is 5. The number of pyridine rings is 2. The summed E-state index contributed by atoms with van der Waals surface area (Å²) in [5.41, 5.74) is 6.37. The van der Waals surface area contributed by atoms with E-state index in [9.17, 15) is 9.59 Å². The van der Waals surface area contributed by atoms with Crippen molar-refractivity contribution in [3.05, 3.63) is 77.9 Å². The highest BCUT2D eigenvalue weighted by Gasteiger charge is 2.30. The minimum absolute atomic E-state index is 0.0195. The standard InChI is InChI=1S/C29H27N7O2/c1-35-16-22(28(38)31-23-6-2-4-17-5-3-12-30-26(17)23)21-14-19(9-10-24(21)35)20-11-13-36-25(15-20)32-29(34-36)33-27(37)18-7-8-18/h3,5,9-16,18,23H,2,4,6-8H2,1H3,(H,31,38)(H,33,34,37). The van der Waals surface area contributed by atoms with Crippen LogP contribution in [0.4, 0.5) is 5.95 Å². The normalized spacial score (nSPS) is 16.9. The van der Waals surface area contributed by atoms with Crippen LogP contribution in [0.3, 0.4) is 0 Å². The number of amides is 2. The summed E-state index contributed by atoms with van der Waals surface area (Å²) in [7, 11) is 1.95. The molecule has 0 aliphatic heterocycles. The summed E-state index contributed by atoms with van der Waals surface area (Å²) in [5, 5.41) is 11.3. The molecule has 2 aliphatic rings. The molecule has 2 aliphatic carbocycles. The van der Waals surface area contributed by atoms with Gasteiger partial charge in [-0.1, -0.05) is 12.1 Å². The first-order valence-corrected chi connectivity index (χ1v) is 13.0. The van der Waals surface area contributed by atoms with Gasteiger partial charge in [-0.3, -0.25) is 19.9 Å². The van der Waals surface area contributed by atoms with E-state index in [1.807, 2.05) is 54.3 Å². The second kappa shape index (κ2) is 8.79. The molecule has 190 valence electrons. The topological polar surface area (TPSA) is 106 Å². The Morgan fingerprint density at radius 1 is 1.05 bits per heavy atom. The van der Waals surface area contributed by atoms with Crippen molar-refractivity contribution in [1.82, 2.24) is 29.5 Å². The van der Waals surface area contributed by atoms with Gasteiger partial charge in [0.25, 0.3) is 5.91 Å². The van der Waals surface area contributed by atoms with E-state index >= 15 is 0 Å². The van der Waals surface area contributed by atoms with Gasteiger partial charge in [-0.05, 0) is 79.1 Å². The van der Waals surface area contributed by atoms with Gasteiger partial charge >= 0.3 is 0 Å². The van der Waals surface area contributed by atoms with Crippen molar-refractivity contribution in [3.63, 3.8) is 0 Å². The lowest BCUT2D eigenvalue weighted by Gasteiger charge is -2.25. The Hall–Kier alpha value is -4.53. The summed E-state index contributed by atoms with van der Waals surface area (Å²) in [6, 6.07) is 14.0. The molecular weight excluding hydrogens is 478 g/mol. The number of carbonyl (C=O) groups is 2. The van der Waals surface area contributed by atoms with Crippen LogP contribution in [0.1, 0.15) is 53.3 Å². The lowest BCUT2D eigenvalue weighted by Crippen LogP contribution is -2.31. The molecule has 5 aromatic rings. The molecule has 9 heteroatoms. The highest BCUT2D eigenvalue weighted by Crippen LogP contribution is 2.32. The first kappa shape index (κ1) is 22.7. The van der Waals surface area contributed by atoms with Crippen LogP contribution in [-0.2, 0) is 18.3 Å². The van der Waals surface area contributed by atoms with E-state index < -0.39 is 0 Å². The van der Waals surface area contributed by atoms with Gasteiger partial charge in [0.1, 0.15) is 0 Å². The fourth-order valence-electron chi connectivity index (χ4n) is 5.41. The number of hydrogen-bond donors (Lipinski definition) is 2. The first-order valence-electron chi connectivity index (χ1n) is 13.0.